The molecule has 0 aliphatic heterocycles. The van der Waals surface area contributed by atoms with Crippen molar-refractivity contribution in [3.05, 3.63) is 82.8 Å². The molecule has 1 aromatic heterocycles. The van der Waals surface area contributed by atoms with Gasteiger partial charge in [0.2, 0.25) is 10.0 Å². The SMILES string of the molecule is C=CCNS(=O)(=O)c1ccc(C(=O)NNC(=O)c2nn(CCC)c(=O)c3ccccc23)cc1. The zero-order chi connectivity index (χ0) is 24.0. The van der Waals surface area contributed by atoms with Gasteiger partial charge in [0.05, 0.1) is 10.3 Å². The van der Waals surface area contributed by atoms with E-state index in [4.69, 9.17) is 0 Å². The smallest absolute Gasteiger partial charge is 0.267 e. The minimum atomic E-state index is -3.72. The Morgan fingerprint density at radius 2 is 1.67 bits per heavy atom. The lowest BCUT2D eigenvalue weighted by atomic mass is 10.1. The first-order valence-corrected chi connectivity index (χ1v) is 11.6. The van der Waals surface area contributed by atoms with Gasteiger partial charge in [-0.25, -0.2) is 17.8 Å². The van der Waals surface area contributed by atoms with E-state index in [1.165, 1.54) is 35.0 Å². The molecule has 0 radical (unpaired) electrons. The summed E-state index contributed by atoms with van der Waals surface area (Å²) < 4.78 is 27.8. The highest BCUT2D eigenvalue weighted by atomic mass is 32.2. The quantitative estimate of drug-likeness (QED) is 0.336. The van der Waals surface area contributed by atoms with Gasteiger partial charge in [0, 0.05) is 24.0 Å². The largest absolute Gasteiger partial charge is 0.290 e. The Balaban J connectivity index is 1.77. The molecule has 3 N–H and O–H groups in total. The van der Waals surface area contributed by atoms with Gasteiger partial charge in [0.1, 0.15) is 0 Å². The minimum Gasteiger partial charge on any atom is -0.267 e. The summed E-state index contributed by atoms with van der Waals surface area (Å²) in [6.07, 6.45) is 2.06. The number of rotatable bonds is 8. The molecule has 1 heterocycles. The average molecular weight is 470 g/mol. The molecule has 0 fully saturated rings. The van der Waals surface area contributed by atoms with Gasteiger partial charge in [-0.15, -0.1) is 6.58 Å². The normalized spacial score (nSPS) is 11.2. The Kier molecular flexibility index (Phi) is 7.36. The Labute approximate surface area is 190 Å². The molecule has 2 aromatic carbocycles. The molecule has 0 bridgehead atoms. The maximum absolute atomic E-state index is 12.7. The van der Waals surface area contributed by atoms with E-state index in [1.807, 2.05) is 6.92 Å². The second-order valence-corrected chi connectivity index (χ2v) is 8.76. The Morgan fingerprint density at radius 3 is 2.30 bits per heavy atom. The van der Waals surface area contributed by atoms with Gasteiger partial charge in [-0.1, -0.05) is 31.2 Å². The van der Waals surface area contributed by atoms with Gasteiger partial charge in [-0.05, 0) is 36.8 Å². The first-order valence-electron chi connectivity index (χ1n) is 10.1. The molecular formula is C22H23N5O5S. The molecule has 172 valence electrons. The molecule has 10 nitrogen and oxygen atoms in total. The van der Waals surface area contributed by atoms with Crippen LogP contribution in [0.2, 0.25) is 0 Å². The number of carbonyl (C=O) groups excluding carboxylic acids is 2. The lowest BCUT2D eigenvalue weighted by Gasteiger charge is -2.11. The number of aryl methyl sites for hydroxylation is 1. The van der Waals surface area contributed by atoms with Crippen molar-refractivity contribution in [1.29, 1.82) is 0 Å². The molecule has 3 aromatic rings. The second kappa shape index (κ2) is 10.2. The van der Waals surface area contributed by atoms with Crippen molar-refractivity contribution in [3.8, 4) is 0 Å². The number of nitrogens with zero attached hydrogens (tertiary/aromatic N) is 2. The van der Waals surface area contributed by atoms with Gasteiger partial charge in [0.15, 0.2) is 5.69 Å². The fraction of sp³-hybridized carbons (Fsp3) is 0.182. The third-order valence-corrected chi connectivity index (χ3v) is 6.09. The number of amides is 2. The maximum atomic E-state index is 12.7. The van der Waals surface area contributed by atoms with Crippen molar-refractivity contribution < 1.29 is 18.0 Å². The van der Waals surface area contributed by atoms with Gasteiger partial charge in [-0.3, -0.25) is 25.2 Å². The predicted octanol–water partition coefficient (Wildman–Crippen LogP) is 1.35. The third-order valence-electron chi connectivity index (χ3n) is 4.65. The highest BCUT2D eigenvalue weighted by Gasteiger charge is 2.18. The van der Waals surface area contributed by atoms with E-state index in [2.05, 4.69) is 27.3 Å². The number of hydrogen-bond donors (Lipinski definition) is 3. The average Bonchev–Trinajstić information content (AvgIpc) is 2.83. The minimum absolute atomic E-state index is 0.00585. The van der Waals surface area contributed by atoms with Crippen molar-refractivity contribution in [2.24, 2.45) is 0 Å². The molecule has 0 unspecified atom stereocenters. The molecule has 3 rings (SSSR count). The Morgan fingerprint density at radius 1 is 1.03 bits per heavy atom. The molecule has 0 spiro atoms. The number of aromatic nitrogens is 2. The summed E-state index contributed by atoms with van der Waals surface area (Å²) >= 11 is 0. The summed E-state index contributed by atoms with van der Waals surface area (Å²) in [5, 5.41) is 4.87. The van der Waals surface area contributed by atoms with Crippen LogP contribution in [-0.2, 0) is 16.6 Å². The van der Waals surface area contributed by atoms with Crippen molar-refractivity contribution in [3.63, 3.8) is 0 Å². The van der Waals surface area contributed by atoms with Crippen LogP contribution < -0.4 is 21.1 Å². The van der Waals surface area contributed by atoms with E-state index in [0.717, 1.165) is 0 Å². The lowest BCUT2D eigenvalue weighted by Crippen LogP contribution is -2.42. The predicted molar refractivity (Wildman–Crippen MR) is 123 cm³/mol. The van der Waals surface area contributed by atoms with E-state index in [0.29, 0.717) is 23.7 Å². The topological polar surface area (TPSA) is 139 Å². The molecule has 11 heteroatoms. The number of hydrazine groups is 1. The molecule has 0 aliphatic rings. The second-order valence-electron chi connectivity index (χ2n) is 7.00. The first-order chi connectivity index (χ1) is 15.8. The van der Waals surface area contributed by atoms with E-state index >= 15 is 0 Å². The van der Waals surface area contributed by atoms with Crippen LogP contribution in [0.4, 0.5) is 0 Å². The number of hydrogen-bond acceptors (Lipinski definition) is 6. The van der Waals surface area contributed by atoms with Gasteiger partial charge >= 0.3 is 0 Å². The highest BCUT2D eigenvalue weighted by Crippen LogP contribution is 2.13. The lowest BCUT2D eigenvalue weighted by molar-refractivity contribution is 0.0843. The van der Waals surface area contributed by atoms with E-state index in [9.17, 15) is 22.8 Å². The molecule has 0 saturated carbocycles. The molecular weight excluding hydrogens is 446 g/mol. The van der Waals surface area contributed by atoms with Crippen LogP contribution in [0.5, 0.6) is 0 Å². The highest BCUT2D eigenvalue weighted by molar-refractivity contribution is 7.89. The summed E-state index contributed by atoms with van der Waals surface area (Å²) in [4.78, 5) is 37.7. The fourth-order valence-corrected chi connectivity index (χ4v) is 4.05. The van der Waals surface area contributed by atoms with Gasteiger partial charge in [0.25, 0.3) is 17.4 Å². The zero-order valence-corrected chi connectivity index (χ0v) is 18.7. The van der Waals surface area contributed by atoms with E-state index in [-0.39, 0.29) is 28.3 Å². The van der Waals surface area contributed by atoms with Gasteiger partial charge < -0.3 is 0 Å². The number of nitrogens with one attached hydrogen (secondary N) is 3. The molecule has 0 saturated heterocycles. The van der Waals surface area contributed by atoms with Crippen LogP contribution in [0.15, 0.2) is 70.9 Å². The van der Waals surface area contributed by atoms with Crippen molar-refractivity contribution in [2.45, 2.75) is 24.8 Å². The molecule has 2 amide bonds. The molecule has 0 atom stereocenters. The standard InChI is InChI=1S/C22H23N5O5S/c1-3-13-23-33(31,32)16-11-9-15(10-12-16)20(28)24-25-21(29)19-17-7-5-6-8-18(17)22(30)27(26-19)14-4-2/h3,5-12,23H,1,4,13-14H2,2H3,(H,24,28)(H,25,29). The Bertz CT molecular complexity index is 1360. The maximum Gasteiger partial charge on any atom is 0.290 e. The van der Waals surface area contributed by atoms with E-state index in [1.54, 1.807) is 24.3 Å². The first kappa shape index (κ1) is 23.8. The third kappa shape index (κ3) is 5.33. The van der Waals surface area contributed by atoms with Crippen LogP contribution in [0.3, 0.4) is 0 Å². The molecule has 0 aliphatic carbocycles. The number of fused-ring (bicyclic) bond motifs is 1. The zero-order valence-electron chi connectivity index (χ0n) is 17.9. The van der Waals surface area contributed by atoms with Gasteiger partial charge in [-0.2, -0.15) is 5.10 Å². The number of benzene rings is 2. The van der Waals surface area contributed by atoms with E-state index < -0.39 is 21.8 Å². The summed E-state index contributed by atoms with van der Waals surface area (Å²) in [5.41, 5.74) is 4.39. The van der Waals surface area contributed by atoms with Crippen molar-refractivity contribution >= 4 is 32.6 Å². The summed E-state index contributed by atoms with van der Waals surface area (Å²) in [5.74, 6) is -1.35. The van der Waals surface area contributed by atoms with Crippen LogP contribution in [-0.4, -0.2) is 36.6 Å². The van der Waals surface area contributed by atoms with Crippen LogP contribution in [0, 0.1) is 0 Å². The number of sulfonamides is 1. The monoisotopic (exact) mass is 469 g/mol. The number of carbonyl (C=O) groups is 2. The van der Waals surface area contributed by atoms with Crippen molar-refractivity contribution in [2.75, 3.05) is 6.54 Å². The van der Waals surface area contributed by atoms with Crippen LogP contribution in [0.25, 0.3) is 10.8 Å². The van der Waals surface area contributed by atoms with Crippen LogP contribution in [0.1, 0.15) is 34.2 Å². The fourth-order valence-electron chi connectivity index (χ4n) is 3.05. The summed E-state index contributed by atoms with van der Waals surface area (Å²) in [7, 11) is -3.72. The van der Waals surface area contributed by atoms with Crippen molar-refractivity contribution in [1.82, 2.24) is 25.4 Å². The summed E-state index contributed by atoms with van der Waals surface area (Å²) in [6, 6.07) is 11.8. The Hall–Kier alpha value is -3.83. The van der Waals surface area contributed by atoms with Crippen LogP contribution >= 0.6 is 0 Å². The molecule has 33 heavy (non-hydrogen) atoms. The summed E-state index contributed by atoms with van der Waals surface area (Å²) in [6.45, 7) is 5.75.